The lowest BCUT2D eigenvalue weighted by Crippen LogP contribution is -2.46. The predicted octanol–water partition coefficient (Wildman–Crippen LogP) is 3.48. The second-order valence-electron chi connectivity index (χ2n) is 8.88. The lowest BCUT2D eigenvalue weighted by Gasteiger charge is -2.38. The second kappa shape index (κ2) is 9.93. The molecule has 7 nitrogen and oxygen atoms in total. The van der Waals surface area contributed by atoms with Crippen molar-refractivity contribution in [1.29, 1.82) is 0 Å². The van der Waals surface area contributed by atoms with Gasteiger partial charge in [-0.05, 0) is 37.3 Å². The van der Waals surface area contributed by atoms with Crippen LogP contribution in [0.15, 0.2) is 53.6 Å². The van der Waals surface area contributed by atoms with Crippen molar-refractivity contribution in [2.75, 3.05) is 33.4 Å². The van der Waals surface area contributed by atoms with Crippen LogP contribution in [0.25, 0.3) is 10.9 Å². The predicted molar refractivity (Wildman–Crippen MR) is 127 cm³/mol. The maximum absolute atomic E-state index is 13.2. The SMILES string of the molecule is COc1cc2ncn(Cc3ccccc3)c(=O)c2cc1OC1CCC(N2CCOCC2)CC1. The molecule has 0 bridgehead atoms. The van der Waals surface area contributed by atoms with E-state index in [4.69, 9.17) is 14.2 Å². The third kappa shape index (κ3) is 4.89. The highest BCUT2D eigenvalue weighted by molar-refractivity contribution is 5.81. The summed E-state index contributed by atoms with van der Waals surface area (Å²) in [5.74, 6) is 1.24. The zero-order valence-corrected chi connectivity index (χ0v) is 19.1. The smallest absolute Gasteiger partial charge is 0.261 e. The Morgan fingerprint density at radius 2 is 1.79 bits per heavy atom. The summed E-state index contributed by atoms with van der Waals surface area (Å²) < 4.78 is 19.1. The van der Waals surface area contributed by atoms with Crippen molar-refractivity contribution in [3.8, 4) is 11.5 Å². The summed E-state index contributed by atoms with van der Waals surface area (Å²) in [6.07, 6.45) is 5.95. The average molecular weight is 450 g/mol. The molecule has 3 aromatic rings. The molecule has 5 rings (SSSR count). The van der Waals surface area contributed by atoms with E-state index in [1.54, 1.807) is 30.1 Å². The molecule has 1 aliphatic heterocycles. The van der Waals surface area contributed by atoms with Gasteiger partial charge in [-0.25, -0.2) is 4.98 Å². The fraction of sp³-hybridized carbons (Fsp3) is 0.462. The fourth-order valence-corrected chi connectivity index (χ4v) is 4.96. The van der Waals surface area contributed by atoms with E-state index < -0.39 is 0 Å². The van der Waals surface area contributed by atoms with Crippen molar-refractivity contribution in [1.82, 2.24) is 14.5 Å². The normalized spacial score (nSPS) is 21.7. The Morgan fingerprint density at radius 1 is 1.03 bits per heavy atom. The van der Waals surface area contributed by atoms with E-state index in [1.807, 2.05) is 30.3 Å². The summed E-state index contributed by atoms with van der Waals surface area (Å²) in [6.45, 7) is 4.20. The molecule has 1 aliphatic carbocycles. The zero-order valence-electron chi connectivity index (χ0n) is 19.1. The summed E-state index contributed by atoms with van der Waals surface area (Å²) in [7, 11) is 1.62. The molecule has 1 aromatic heterocycles. The molecule has 2 fully saturated rings. The minimum atomic E-state index is -0.0765. The monoisotopic (exact) mass is 449 g/mol. The molecule has 0 radical (unpaired) electrons. The van der Waals surface area contributed by atoms with Crippen LogP contribution in [0, 0.1) is 0 Å². The molecule has 2 aromatic carbocycles. The standard InChI is InChI=1S/C26H31N3O4/c1-31-24-16-23-22(26(30)29(18-27-23)17-19-5-3-2-4-6-19)15-25(24)33-21-9-7-20(8-10-21)28-11-13-32-14-12-28/h2-6,15-16,18,20-21H,7-14,17H2,1H3. The number of benzene rings is 2. The molecule has 0 unspecified atom stereocenters. The molecule has 7 heteroatoms. The number of nitrogens with zero attached hydrogens (tertiary/aromatic N) is 3. The quantitative estimate of drug-likeness (QED) is 0.574. The van der Waals surface area contributed by atoms with Crippen molar-refractivity contribution in [3.63, 3.8) is 0 Å². The van der Waals surface area contributed by atoms with Gasteiger partial charge in [-0.3, -0.25) is 14.3 Å². The van der Waals surface area contributed by atoms with Crippen LogP contribution in [-0.2, 0) is 11.3 Å². The highest BCUT2D eigenvalue weighted by Gasteiger charge is 2.28. The van der Waals surface area contributed by atoms with Crippen LogP contribution in [0.2, 0.25) is 0 Å². The number of fused-ring (bicyclic) bond motifs is 1. The lowest BCUT2D eigenvalue weighted by atomic mass is 9.91. The first-order valence-corrected chi connectivity index (χ1v) is 11.8. The van der Waals surface area contributed by atoms with E-state index in [9.17, 15) is 4.79 Å². The Hall–Kier alpha value is -2.90. The molecule has 0 atom stereocenters. The number of hydrogen-bond donors (Lipinski definition) is 0. The molecule has 1 saturated carbocycles. The minimum Gasteiger partial charge on any atom is -0.493 e. The average Bonchev–Trinajstić information content (AvgIpc) is 2.87. The second-order valence-corrected chi connectivity index (χ2v) is 8.88. The lowest BCUT2D eigenvalue weighted by molar-refractivity contribution is -0.00120. The minimum absolute atomic E-state index is 0.0765. The van der Waals surface area contributed by atoms with Gasteiger partial charge in [0, 0.05) is 25.2 Å². The Morgan fingerprint density at radius 3 is 2.52 bits per heavy atom. The maximum atomic E-state index is 13.2. The number of morpholine rings is 1. The van der Waals surface area contributed by atoms with Crippen molar-refractivity contribution >= 4 is 10.9 Å². The zero-order chi connectivity index (χ0) is 22.6. The molecule has 1 saturated heterocycles. The Balaban J connectivity index is 1.34. The fourth-order valence-electron chi connectivity index (χ4n) is 4.96. The summed E-state index contributed by atoms with van der Waals surface area (Å²) in [6, 6.07) is 14.1. The van der Waals surface area contributed by atoms with Crippen LogP contribution >= 0.6 is 0 Å². The largest absolute Gasteiger partial charge is 0.493 e. The van der Waals surface area contributed by atoms with E-state index in [2.05, 4.69) is 9.88 Å². The van der Waals surface area contributed by atoms with Crippen LogP contribution in [0.3, 0.4) is 0 Å². The molecule has 174 valence electrons. The van der Waals surface area contributed by atoms with Crippen molar-refractivity contribution in [2.24, 2.45) is 0 Å². The molecular formula is C26H31N3O4. The number of ether oxygens (including phenoxy) is 3. The van der Waals surface area contributed by atoms with Gasteiger partial charge in [-0.1, -0.05) is 30.3 Å². The van der Waals surface area contributed by atoms with Crippen LogP contribution in [0.5, 0.6) is 11.5 Å². The van der Waals surface area contributed by atoms with Gasteiger partial charge in [-0.2, -0.15) is 0 Å². The first kappa shape index (κ1) is 21.9. The Bertz CT molecular complexity index is 1130. The first-order chi connectivity index (χ1) is 16.2. The van der Waals surface area contributed by atoms with E-state index in [-0.39, 0.29) is 11.7 Å². The van der Waals surface area contributed by atoms with Gasteiger partial charge in [0.15, 0.2) is 11.5 Å². The molecular weight excluding hydrogens is 418 g/mol. The van der Waals surface area contributed by atoms with Gasteiger partial charge in [0.2, 0.25) is 0 Å². The highest BCUT2D eigenvalue weighted by atomic mass is 16.5. The van der Waals surface area contributed by atoms with Crippen LogP contribution in [0.4, 0.5) is 0 Å². The third-order valence-corrected chi connectivity index (χ3v) is 6.80. The Labute approximate surface area is 193 Å². The van der Waals surface area contributed by atoms with Gasteiger partial charge in [0.1, 0.15) is 0 Å². The van der Waals surface area contributed by atoms with Gasteiger partial charge >= 0.3 is 0 Å². The first-order valence-electron chi connectivity index (χ1n) is 11.8. The van der Waals surface area contributed by atoms with Gasteiger partial charge in [0.25, 0.3) is 5.56 Å². The number of aromatic nitrogens is 2. The van der Waals surface area contributed by atoms with Gasteiger partial charge in [0.05, 0.1) is 50.2 Å². The van der Waals surface area contributed by atoms with E-state index >= 15 is 0 Å². The molecule has 0 spiro atoms. The van der Waals surface area contributed by atoms with Gasteiger partial charge < -0.3 is 14.2 Å². The number of methoxy groups -OCH3 is 1. The van der Waals surface area contributed by atoms with Crippen LogP contribution in [-0.4, -0.2) is 60.0 Å². The summed E-state index contributed by atoms with van der Waals surface area (Å²) >= 11 is 0. The van der Waals surface area contributed by atoms with E-state index in [1.165, 1.54) is 0 Å². The van der Waals surface area contributed by atoms with Crippen LogP contribution < -0.4 is 15.0 Å². The Kier molecular flexibility index (Phi) is 6.60. The van der Waals surface area contributed by atoms with Gasteiger partial charge in [-0.15, -0.1) is 0 Å². The molecule has 2 heterocycles. The molecule has 0 amide bonds. The summed E-state index contributed by atoms with van der Waals surface area (Å²) in [5, 5.41) is 0.547. The summed E-state index contributed by atoms with van der Waals surface area (Å²) in [4.78, 5) is 20.3. The van der Waals surface area contributed by atoms with Crippen molar-refractivity contribution < 1.29 is 14.2 Å². The molecule has 2 aliphatic rings. The van der Waals surface area contributed by atoms with E-state index in [0.29, 0.717) is 35.0 Å². The summed E-state index contributed by atoms with van der Waals surface area (Å²) in [5.41, 5.74) is 1.60. The van der Waals surface area contributed by atoms with E-state index in [0.717, 1.165) is 57.6 Å². The number of hydrogen-bond acceptors (Lipinski definition) is 6. The van der Waals surface area contributed by atoms with Crippen LogP contribution in [0.1, 0.15) is 31.2 Å². The maximum Gasteiger partial charge on any atom is 0.261 e. The number of rotatable bonds is 6. The van der Waals surface area contributed by atoms with Crippen molar-refractivity contribution in [2.45, 2.75) is 44.4 Å². The molecule has 0 N–H and O–H groups in total. The van der Waals surface area contributed by atoms with Crippen molar-refractivity contribution in [3.05, 3.63) is 64.7 Å². The highest BCUT2D eigenvalue weighted by Crippen LogP contribution is 2.34. The molecule has 33 heavy (non-hydrogen) atoms. The third-order valence-electron chi connectivity index (χ3n) is 6.80. The topological polar surface area (TPSA) is 65.8 Å².